The third kappa shape index (κ3) is 7.29. The van der Waals surface area contributed by atoms with Gasteiger partial charge >= 0.3 is 0 Å². The number of rotatable bonds is 8. The largest absolute Gasteiger partial charge is 0.493 e. The summed E-state index contributed by atoms with van der Waals surface area (Å²) in [6, 6.07) is 8.31. The Hall–Kier alpha value is -1.07. The Kier molecular flexibility index (Phi) is 9.48. The minimum absolute atomic E-state index is 0. The molecule has 1 aliphatic heterocycles. The Morgan fingerprint density at radius 3 is 2.52 bits per heavy atom. The van der Waals surface area contributed by atoms with Crippen molar-refractivity contribution in [1.82, 2.24) is 14.9 Å². The van der Waals surface area contributed by atoms with Crippen molar-refractivity contribution in [1.29, 1.82) is 0 Å². The van der Waals surface area contributed by atoms with E-state index in [9.17, 15) is 8.42 Å². The molecule has 9 heteroatoms. The fourth-order valence-corrected chi connectivity index (χ4v) is 4.44. The van der Waals surface area contributed by atoms with Crippen LogP contribution in [0.4, 0.5) is 0 Å². The molecule has 0 unspecified atom stereocenters. The molecule has 1 aromatic rings. The van der Waals surface area contributed by atoms with Crippen molar-refractivity contribution in [3.05, 3.63) is 29.8 Å². The fraction of sp³-hybridized carbons (Fsp3) is 0.650. The molecule has 1 aliphatic carbocycles. The molecule has 1 saturated carbocycles. The number of benzene rings is 1. The first-order valence-corrected chi connectivity index (χ1v) is 11.8. The predicted octanol–water partition coefficient (Wildman–Crippen LogP) is 2.57. The van der Waals surface area contributed by atoms with Crippen LogP contribution in [0.1, 0.15) is 38.2 Å². The Morgan fingerprint density at radius 2 is 1.90 bits per heavy atom. The number of hydrogen-bond donors (Lipinski definition) is 2. The summed E-state index contributed by atoms with van der Waals surface area (Å²) in [6.45, 7) is 4.23. The highest BCUT2D eigenvalue weighted by Gasteiger charge is 2.27. The van der Waals surface area contributed by atoms with E-state index in [0.717, 1.165) is 42.6 Å². The van der Waals surface area contributed by atoms with Gasteiger partial charge in [-0.1, -0.05) is 18.2 Å². The van der Waals surface area contributed by atoms with Crippen molar-refractivity contribution in [2.24, 2.45) is 10.9 Å². The lowest BCUT2D eigenvalue weighted by atomic mass is 10.1. The summed E-state index contributed by atoms with van der Waals surface area (Å²) in [7, 11) is -1.34. The van der Waals surface area contributed by atoms with E-state index in [1.807, 2.05) is 18.2 Å². The number of nitrogens with one attached hydrogen (secondary N) is 2. The lowest BCUT2D eigenvalue weighted by molar-refractivity contribution is 0.296. The van der Waals surface area contributed by atoms with Crippen LogP contribution in [0.15, 0.2) is 29.3 Å². The van der Waals surface area contributed by atoms with E-state index in [4.69, 9.17) is 4.74 Å². The van der Waals surface area contributed by atoms with Crippen LogP contribution in [0.25, 0.3) is 0 Å². The molecular weight excluding hydrogens is 503 g/mol. The molecule has 2 fully saturated rings. The Bertz CT molecular complexity index is 776. The molecule has 1 aromatic carbocycles. The summed E-state index contributed by atoms with van der Waals surface area (Å²) in [5.41, 5.74) is 1.11. The van der Waals surface area contributed by atoms with Crippen LogP contribution in [0.3, 0.4) is 0 Å². The molecule has 3 rings (SSSR count). The smallest absolute Gasteiger partial charge is 0.213 e. The molecule has 0 atom stereocenters. The van der Waals surface area contributed by atoms with Gasteiger partial charge in [-0.25, -0.2) is 12.7 Å². The van der Waals surface area contributed by atoms with E-state index in [1.54, 1.807) is 18.3 Å². The summed E-state index contributed by atoms with van der Waals surface area (Å²) < 4.78 is 31.5. The number of aliphatic imine (C=N–C) groups is 1. The second-order valence-electron chi connectivity index (χ2n) is 7.51. The van der Waals surface area contributed by atoms with Gasteiger partial charge in [0.25, 0.3) is 0 Å². The highest BCUT2D eigenvalue weighted by atomic mass is 127. The van der Waals surface area contributed by atoms with E-state index in [-0.39, 0.29) is 35.8 Å². The number of nitrogens with zero attached hydrogens (tertiary/aromatic N) is 2. The van der Waals surface area contributed by atoms with Crippen molar-refractivity contribution in [3.63, 3.8) is 0 Å². The summed E-state index contributed by atoms with van der Waals surface area (Å²) in [4.78, 5) is 4.32. The van der Waals surface area contributed by atoms with E-state index in [2.05, 4.69) is 21.7 Å². The zero-order valence-corrected chi connectivity index (χ0v) is 20.4. The highest BCUT2D eigenvalue weighted by molar-refractivity contribution is 14.0. The molecule has 2 aliphatic rings. The lowest BCUT2D eigenvalue weighted by Gasteiger charge is -2.32. The van der Waals surface area contributed by atoms with Gasteiger partial charge in [0.15, 0.2) is 5.96 Å². The molecule has 2 N–H and O–H groups in total. The summed E-state index contributed by atoms with van der Waals surface area (Å²) in [5, 5.41) is 6.78. The number of sulfonamides is 1. The van der Waals surface area contributed by atoms with Gasteiger partial charge in [-0.05, 0) is 44.6 Å². The maximum Gasteiger partial charge on any atom is 0.213 e. The van der Waals surface area contributed by atoms with Crippen molar-refractivity contribution in [2.75, 3.05) is 32.5 Å². The van der Waals surface area contributed by atoms with Gasteiger partial charge in [-0.2, -0.15) is 0 Å². The molecular formula is C20H33IN4O3S. The maximum absolute atomic E-state index is 12.0. The first-order valence-electron chi connectivity index (χ1n) is 10.2. The van der Waals surface area contributed by atoms with E-state index < -0.39 is 10.0 Å². The van der Waals surface area contributed by atoms with Gasteiger partial charge in [-0.15, -0.1) is 24.0 Å². The van der Waals surface area contributed by atoms with E-state index >= 15 is 0 Å². The third-order valence-corrected chi connectivity index (χ3v) is 7.25. The fourth-order valence-electron chi connectivity index (χ4n) is 3.31. The van der Waals surface area contributed by atoms with Crippen LogP contribution in [0.5, 0.6) is 5.75 Å². The van der Waals surface area contributed by atoms with Gasteiger partial charge < -0.3 is 15.4 Å². The standard InChI is InChI=1S/C20H32N4O3S.HI/c1-3-28(25,26)24-12-10-18(11-13-24)23-20(21-2)22-14-17-6-4-5-7-19(17)27-15-16-8-9-16;/h4-7,16,18H,3,8-15H2,1-2H3,(H2,21,22,23);1H. The quantitative estimate of drug-likeness (QED) is 0.303. The normalized spacial score (nSPS) is 18.8. The predicted molar refractivity (Wildman–Crippen MR) is 127 cm³/mol. The second kappa shape index (κ2) is 11.4. The molecule has 1 heterocycles. The molecule has 7 nitrogen and oxygen atoms in total. The van der Waals surface area contributed by atoms with Crippen molar-refractivity contribution in [3.8, 4) is 5.75 Å². The van der Waals surface area contributed by atoms with Crippen LogP contribution >= 0.6 is 24.0 Å². The first kappa shape index (κ1) is 24.2. The molecule has 0 amide bonds. The number of hydrogen-bond acceptors (Lipinski definition) is 4. The Labute approximate surface area is 191 Å². The Morgan fingerprint density at radius 1 is 1.21 bits per heavy atom. The average molecular weight is 536 g/mol. The minimum Gasteiger partial charge on any atom is -0.493 e. The Balaban J connectivity index is 0.00000300. The number of guanidine groups is 1. The number of ether oxygens (including phenoxy) is 1. The topological polar surface area (TPSA) is 83.0 Å². The van der Waals surface area contributed by atoms with Gasteiger partial charge in [0.05, 0.1) is 12.4 Å². The second-order valence-corrected chi connectivity index (χ2v) is 9.76. The summed E-state index contributed by atoms with van der Waals surface area (Å²) in [5.74, 6) is 2.54. The van der Waals surface area contributed by atoms with E-state index in [1.165, 1.54) is 12.8 Å². The van der Waals surface area contributed by atoms with Gasteiger partial charge in [-0.3, -0.25) is 4.99 Å². The summed E-state index contributed by atoms with van der Waals surface area (Å²) in [6.07, 6.45) is 4.10. The van der Waals surface area contributed by atoms with Gasteiger partial charge in [0.2, 0.25) is 10.0 Å². The molecule has 1 saturated heterocycles. The average Bonchev–Trinajstić information content (AvgIpc) is 3.55. The monoisotopic (exact) mass is 536 g/mol. The molecule has 164 valence electrons. The van der Waals surface area contributed by atoms with Crippen LogP contribution < -0.4 is 15.4 Å². The van der Waals surface area contributed by atoms with Crippen LogP contribution in [0.2, 0.25) is 0 Å². The van der Waals surface area contributed by atoms with Crippen LogP contribution in [-0.2, 0) is 16.6 Å². The van der Waals surface area contributed by atoms with Gasteiger partial charge in [0.1, 0.15) is 5.75 Å². The van der Waals surface area contributed by atoms with E-state index in [0.29, 0.717) is 19.6 Å². The summed E-state index contributed by atoms with van der Waals surface area (Å²) >= 11 is 0. The number of para-hydroxylation sites is 1. The van der Waals surface area contributed by atoms with Crippen molar-refractivity contribution in [2.45, 2.75) is 45.2 Å². The minimum atomic E-state index is -3.09. The SMILES string of the molecule is CCS(=O)(=O)N1CCC(NC(=NC)NCc2ccccc2OCC2CC2)CC1.I. The van der Waals surface area contributed by atoms with Crippen LogP contribution in [0, 0.1) is 5.92 Å². The number of piperidine rings is 1. The van der Waals surface area contributed by atoms with Crippen LogP contribution in [-0.4, -0.2) is 57.2 Å². The molecule has 0 radical (unpaired) electrons. The van der Waals surface area contributed by atoms with Gasteiger partial charge in [0, 0.05) is 38.3 Å². The molecule has 0 aromatic heterocycles. The molecule has 29 heavy (non-hydrogen) atoms. The molecule has 0 bridgehead atoms. The highest BCUT2D eigenvalue weighted by Crippen LogP contribution is 2.30. The zero-order valence-electron chi connectivity index (χ0n) is 17.3. The van der Waals surface area contributed by atoms with Crippen molar-refractivity contribution >= 4 is 40.0 Å². The first-order chi connectivity index (χ1) is 13.5. The lowest BCUT2D eigenvalue weighted by Crippen LogP contribution is -2.49. The van der Waals surface area contributed by atoms with Crippen molar-refractivity contribution < 1.29 is 13.2 Å². The third-order valence-electron chi connectivity index (χ3n) is 5.37. The maximum atomic E-state index is 12.0. The number of halogens is 1. The zero-order chi connectivity index (χ0) is 20.0. The molecule has 0 spiro atoms.